The van der Waals surface area contributed by atoms with Gasteiger partial charge in [-0.3, -0.25) is 4.90 Å². The van der Waals surface area contributed by atoms with Gasteiger partial charge in [0.2, 0.25) is 6.79 Å². The minimum absolute atomic E-state index is 0.187. The van der Waals surface area contributed by atoms with E-state index in [0.717, 1.165) is 24.6 Å². The molecule has 0 saturated carbocycles. The van der Waals surface area contributed by atoms with Crippen LogP contribution in [0.1, 0.15) is 23.4 Å². The van der Waals surface area contributed by atoms with E-state index in [1.54, 1.807) is 11.3 Å². The summed E-state index contributed by atoms with van der Waals surface area (Å²) < 4.78 is 10.8. The van der Waals surface area contributed by atoms with E-state index in [1.807, 2.05) is 6.07 Å². The second-order valence-corrected chi connectivity index (χ2v) is 6.04. The molecule has 1 aromatic heterocycles. The number of fused-ring (bicyclic) bond motifs is 1. The Bertz CT molecular complexity index is 586. The van der Waals surface area contributed by atoms with Crippen molar-refractivity contribution < 1.29 is 9.47 Å². The third-order valence-electron chi connectivity index (χ3n) is 3.79. The molecule has 5 heteroatoms. The number of ether oxygens (including phenoxy) is 2. The third-order valence-corrected chi connectivity index (χ3v) is 4.65. The molecule has 0 saturated heterocycles. The maximum absolute atomic E-state index is 6.05. The van der Waals surface area contributed by atoms with E-state index in [4.69, 9.17) is 15.2 Å². The van der Waals surface area contributed by atoms with Crippen LogP contribution < -0.4 is 15.2 Å². The van der Waals surface area contributed by atoms with Gasteiger partial charge in [-0.05, 0) is 35.7 Å². The minimum atomic E-state index is 0.187. The second-order valence-electron chi connectivity index (χ2n) is 5.01. The monoisotopic (exact) mass is 304 g/mol. The molecule has 0 spiro atoms. The lowest BCUT2D eigenvalue weighted by atomic mass is 10.0. The lowest BCUT2D eigenvalue weighted by molar-refractivity contribution is 0.173. The fourth-order valence-corrected chi connectivity index (χ4v) is 3.39. The summed E-state index contributed by atoms with van der Waals surface area (Å²) in [6.45, 7) is 4.93. The first-order valence-electron chi connectivity index (χ1n) is 7.18. The van der Waals surface area contributed by atoms with Crippen molar-refractivity contribution in [2.45, 2.75) is 19.5 Å². The van der Waals surface area contributed by atoms with Crippen molar-refractivity contribution in [1.82, 2.24) is 4.90 Å². The Morgan fingerprint density at radius 2 is 2.14 bits per heavy atom. The number of benzene rings is 1. The highest BCUT2D eigenvalue weighted by molar-refractivity contribution is 7.09. The van der Waals surface area contributed by atoms with Crippen LogP contribution in [0.3, 0.4) is 0 Å². The molecule has 21 heavy (non-hydrogen) atoms. The van der Waals surface area contributed by atoms with Gasteiger partial charge in [0.15, 0.2) is 11.5 Å². The molecule has 2 aromatic rings. The Labute approximate surface area is 129 Å². The molecule has 0 amide bonds. The molecule has 1 unspecified atom stereocenters. The smallest absolute Gasteiger partial charge is 0.231 e. The summed E-state index contributed by atoms with van der Waals surface area (Å²) in [7, 11) is 0. The van der Waals surface area contributed by atoms with Crippen molar-refractivity contribution in [3.63, 3.8) is 0 Å². The van der Waals surface area contributed by atoms with Gasteiger partial charge in [-0.15, -0.1) is 11.3 Å². The van der Waals surface area contributed by atoms with Gasteiger partial charge in [-0.25, -0.2) is 0 Å². The zero-order valence-electron chi connectivity index (χ0n) is 12.1. The highest BCUT2D eigenvalue weighted by Crippen LogP contribution is 2.35. The van der Waals surface area contributed by atoms with Gasteiger partial charge in [0.25, 0.3) is 0 Å². The SMILES string of the molecule is CCN(Cc1cccs1)C(CN)c1ccc2c(c1)OCO2. The third kappa shape index (κ3) is 3.05. The van der Waals surface area contributed by atoms with Crippen LogP contribution >= 0.6 is 11.3 Å². The van der Waals surface area contributed by atoms with Gasteiger partial charge in [-0.2, -0.15) is 0 Å². The molecular weight excluding hydrogens is 284 g/mol. The number of nitrogens with zero attached hydrogens (tertiary/aromatic N) is 1. The van der Waals surface area contributed by atoms with Crippen molar-refractivity contribution in [1.29, 1.82) is 0 Å². The molecule has 2 heterocycles. The Morgan fingerprint density at radius 1 is 1.29 bits per heavy atom. The van der Waals surface area contributed by atoms with Crippen LogP contribution in [0, 0.1) is 0 Å². The Morgan fingerprint density at radius 3 is 2.86 bits per heavy atom. The normalized spacial score (nSPS) is 14.6. The molecule has 0 aliphatic carbocycles. The minimum Gasteiger partial charge on any atom is -0.454 e. The summed E-state index contributed by atoms with van der Waals surface area (Å²) in [6, 6.07) is 10.6. The number of likely N-dealkylation sites (N-methyl/N-ethyl adjacent to an activating group) is 1. The Kier molecular flexibility index (Phi) is 4.43. The number of hydrogen-bond acceptors (Lipinski definition) is 5. The molecule has 3 rings (SSSR count). The summed E-state index contributed by atoms with van der Waals surface area (Å²) in [4.78, 5) is 3.75. The number of hydrogen-bond donors (Lipinski definition) is 1. The first-order chi connectivity index (χ1) is 10.3. The highest BCUT2D eigenvalue weighted by Gasteiger charge is 2.21. The quantitative estimate of drug-likeness (QED) is 0.891. The molecule has 0 bridgehead atoms. The summed E-state index contributed by atoms with van der Waals surface area (Å²) >= 11 is 1.78. The van der Waals surface area contributed by atoms with Crippen LogP contribution in [-0.4, -0.2) is 24.8 Å². The topological polar surface area (TPSA) is 47.7 Å². The molecule has 2 N–H and O–H groups in total. The molecule has 0 radical (unpaired) electrons. The van der Waals surface area contributed by atoms with E-state index >= 15 is 0 Å². The molecule has 1 aliphatic heterocycles. The van der Waals surface area contributed by atoms with Crippen LogP contribution in [0.2, 0.25) is 0 Å². The summed E-state index contributed by atoms with van der Waals surface area (Å²) in [5.41, 5.74) is 7.23. The average molecular weight is 304 g/mol. The maximum Gasteiger partial charge on any atom is 0.231 e. The van der Waals surface area contributed by atoms with E-state index in [9.17, 15) is 0 Å². The Hall–Kier alpha value is -1.56. The molecule has 4 nitrogen and oxygen atoms in total. The second kappa shape index (κ2) is 6.47. The van der Waals surface area contributed by atoms with Crippen LogP contribution in [-0.2, 0) is 6.54 Å². The van der Waals surface area contributed by atoms with Gasteiger partial charge in [-0.1, -0.05) is 19.1 Å². The predicted octanol–water partition coefficient (Wildman–Crippen LogP) is 3.00. The molecule has 1 atom stereocenters. The van der Waals surface area contributed by atoms with E-state index in [0.29, 0.717) is 13.3 Å². The van der Waals surface area contributed by atoms with Crippen LogP contribution in [0.25, 0.3) is 0 Å². The van der Waals surface area contributed by atoms with Crippen molar-refractivity contribution in [2.75, 3.05) is 19.9 Å². The summed E-state index contributed by atoms with van der Waals surface area (Å²) in [5.74, 6) is 1.63. The van der Waals surface area contributed by atoms with Crippen molar-refractivity contribution in [3.05, 3.63) is 46.2 Å². The predicted molar refractivity (Wildman–Crippen MR) is 84.8 cm³/mol. The molecule has 1 aromatic carbocycles. The molecule has 1 aliphatic rings. The average Bonchev–Trinajstić information content (AvgIpc) is 3.17. The van der Waals surface area contributed by atoms with E-state index in [2.05, 4.69) is 41.5 Å². The van der Waals surface area contributed by atoms with E-state index in [1.165, 1.54) is 10.4 Å². The van der Waals surface area contributed by atoms with E-state index in [-0.39, 0.29) is 6.04 Å². The molecular formula is C16H20N2O2S. The van der Waals surface area contributed by atoms with Gasteiger partial charge in [0.1, 0.15) is 0 Å². The summed E-state index contributed by atoms with van der Waals surface area (Å²) in [6.07, 6.45) is 0. The van der Waals surface area contributed by atoms with Gasteiger partial charge < -0.3 is 15.2 Å². The van der Waals surface area contributed by atoms with Crippen molar-refractivity contribution in [2.24, 2.45) is 5.73 Å². The largest absolute Gasteiger partial charge is 0.454 e. The fraction of sp³-hybridized carbons (Fsp3) is 0.375. The molecule has 0 fully saturated rings. The van der Waals surface area contributed by atoms with Gasteiger partial charge >= 0.3 is 0 Å². The lowest BCUT2D eigenvalue weighted by Crippen LogP contribution is -2.33. The van der Waals surface area contributed by atoms with Gasteiger partial charge in [0.05, 0.1) is 0 Å². The van der Waals surface area contributed by atoms with Gasteiger partial charge in [0, 0.05) is 24.0 Å². The highest BCUT2D eigenvalue weighted by atomic mass is 32.1. The zero-order valence-corrected chi connectivity index (χ0v) is 12.9. The number of nitrogens with two attached hydrogens (primary N) is 1. The number of thiophene rings is 1. The van der Waals surface area contributed by atoms with E-state index < -0.39 is 0 Å². The fourth-order valence-electron chi connectivity index (χ4n) is 2.66. The lowest BCUT2D eigenvalue weighted by Gasteiger charge is -2.30. The van der Waals surface area contributed by atoms with Crippen LogP contribution in [0.4, 0.5) is 0 Å². The van der Waals surface area contributed by atoms with Crippen molar-refractivity contribution >= 4 is 11.3 Å². The van der Waals surface area contributed by atoms with Crippen LogP contribution in [0.15, 0.2) is 35.7 Å². The van der Waals surface area contributed by atoms with Crippen molar-refractivity contribution in [3.8, 4) is 11.5 Å². The maximum atomic E-state index is 6.05. The number of rotatable bonds is 6. The first kappa shape index (κ1) is 14.4. The van der Waals surface area contributed by atoms with Crippen LogP contribution in [0.5, 0.6) is 11.5 Å². The zero-order chi connectivity index (χ0) is 14.7. The Balaban J connectivity index is 1.82. The standard InChI is InChI=1S/C16H20N2O2S/c1-2-18(10-13-4-3-7-21-13)14(9-17)12-5-6-15-16(8-12)20-11-19-15/h3-8,14H,2,9-11,17H2,1H3. The first-order valence-corrected chi connectivity index (χ1v) is 8.05. The molecule has 112 valence electrons. The summed E-state index contributed by atoms with van der Waals surface area (Å²) in [5, 5.41) is 2.11.